The molecule has 0 radical (unpaired) electrons. The molecule has 0 fully saturated rings. The maximum absolute atomic E-state index is 10.1. The molecule has 0 amide bonds. The molecule has 0 aliphatic rings. The average molecular weight is 172 g/mol. The summed E-state index contributed by atoms with van der Waals surface area (Å²) in [6, 6.07) is 2.82. The van der Waals surface area contributed by atoms with Gasteiger partial charge in [0.05, 0.1) is 19.7 Å². The quantitative estimate of drug-likeness (QED) is 0.537. The van der Waals surface area contributed by atoms with Crippen LogP contribution in [0.1, 0.15) is 5.76 Å². The molecule has 0 aromatic carbocycles. The Morgan fingerprint density at radius 1 is 1.75 bits per heavy atom. The second-order valence-corrected chi connectivity index (χ2v) is 2.02. The zero-order valence-corrected chi connectivity index (χ0v) is 6.44. The Labute approximate surface area is 68.2 Å². The minimum atomic E-state index is -0.587. The van der Waals surface area contributed by atoms with Gasteiger partial charge in [-0.05, 0) is 6.07 Å². The van der Waals surface area contributed by atoms with Crippen molar-refractivity contribution in [3.63, 3.8) is 0 Å². The normalized spacial score (nSPS) is 10.1. The van der Waals surface area contributed by atoms with Crippen molar-refractivity contribution in [2.24, 2.45) is 0 Å². The van der Waals surface area contributed by atoms with E-state index in [0.717, 1.165) is 0 Å². The first-order valence-corrected chi connectivity index (χ1v) is 3.23. The van der Waals surface area contributed by atoms with Crippen LogP contribution >= 0.6 is 0 Å². The van der Waals surface area contributed by atoms with Gasteiger partial charge in [-0.1, -0.05) is 0 Å². The van der Waals surface area contributed by atoms with Crippen LogP contribution in [0, 0.1) is 10.1 Å². The van der Waals surface area contributed by atoms with Gasteiger partial charge in [0, 0.05) is 0 Å². The number of hydroxylamine groups is 1. The fourth-order valence-electron chi connectivity index (χ4n) is 0.703. The summed E-state index contributed by atoms with van der Waals surface area (Å²) in [5.41, 5.74) is 2.50. The highest BCUT2D eigenvalue weighted by atomic mass is 16.7. The molecule has 0 spiro atoms. The fraction of sp³-hybridized carbons (Fsp3) is 0.333. The number of furan rings is 1. The molecular weight excluding hydrogens is 164 g/mol. The van der Waals surface area contributed by atoms with Crippen LogP contribution in [0.3, 0.4) is 0 Å². The maximum Gasteiger partial charge on any atom is 0.433 e. The molecule has 1 rings (SSSR count). The van der Waals surface area contributed by atoms with E-state index in [4.69, 9.17) is 4.42 Å². The van der Waals surface area contributed by atoms with Gasteiger partial charge in [0.2, 0.25) is 0 Å². The number of nitrogens with zero attached hydrogens (tertiary/aromatic N) is 1. The molecule has 1 heterocycles. The monoisotopic (exact) mass is 172 g/mol. The van der Waals surface area contributed by atoms with Gasteiger partial charge in [-0.15, -0.1) is 0 Å². The van der Waals surface area contributed by atoms with Crippen molar-refractivity contribution in [3.05, 3.63) is 28.0 Å². The fourth-order valence-corrected chi connectivity index (χ4v) is 0.703. The van der Waals surface area contributed by atoms with Gasteiger partial charge in [-0.25, -0.2) is 0 Å². The van der Waals surface area contributed by atoms with E-state index in [1.807, 2.05) is 0 Å². The standard InChI is InChI=1S/C6H8N2O4/c1-11-7-4-5-2-3-6(12-5)8(9)10/h2-3,7H,4H2,1H3. The number of nitro groups is 1. The van der Waals surface area contributed by atoms with Crippen LogP contribution in [-0.4, -0.2) is 12.0 Å². The summed E-state index contributed by atoms with van der Waals surface area (Å²) in [6.07, 6.45) is 0. The van der Waals surface area contributed by atoms with E-state index >= 15 is 0 Å². The highest BCUT2D eigenvalue weighted by Gasteiger charge is 2.10. The topological polar surface area (TPSA) is 77.5 Å². The van der Waals surface area contributed by atoms with Gasteiger partial charge in [0.15, 0.2) is 0 Å². The van der Waals surface area contributed by atoms with Crippen LogP contribution in [0.15, 0.2) is 16.5 Å². The number of hydrogen-bond acceptors (Lipinski definition) is 5. The van der Waals surface area contributed by atoms with Crippen LogP contribution in [0.25, 0.3) is 0 Å². The van der Waals surface area contributed by atoms with Gasteiger partial charge >= 0.3 is 5.88 Å². The Morgan fingerprint density at radius 2 is 2.50 bits per heavy atom. The zero-order chi connectivity index (χ0) is 8.97. The molecule has 6 nitrogen and oxygen atoms in total. The average Bonchev–Trinajstić information content (AvgIpc) is 2.48. The summed E-state index contributed by atoms with van der Waals surface area (Å²) in [5.74, 6) is 0.200. The molecule has 6 heteroatoms. The van der Waals surface area contributed by atoms with Gasteiger partial charge in [-0.2, -0.15) is 5.48 Å². The van der Waals surface area contributed by atoms with Gasteiger partial charge in [-0.3, -0.25) is 10.1 Å². The third-order valence-corrected chi connectivity index (χ3v) is 1.22. The third kappa shape index (κ3) is 2.04. The van der Waals surface area contributed by atoms with Crippen LogP contribution in [0.2, 0.25) is 0 Å². The lowest BCUT2D eigenvalue weighted by Crippen LogP contribution is -2.09. The summed E-state index contributed by atoms with van der Waals surface area (Å²) >= 11 is 0. The van der Waals surface area contributed by atoms with E-state index < -0.39 is 4.92 Å². The summed E-state index contributed by atoms with van der Waals surface area (Å²) in [4.78, 5) is 14.1. The molecule has 1 N–H and O–H groups in total. The van der Waals surface area contributed by atoms with Gasteiger partial charge in [0.1, 0.15) is 10.7 Å². The molecular formula is C6H8N2O4. The largest absolute Gasteiger partial charge is 0.433 e. The number of nitrogens with one attached hydrogen (secondary N) is 1. The van der Waals surface area contributed by atoms with Gasteiger partial charge in [0.25, 0.3) is 0 Å². The summed E-state index contributed by atoms with van der Waals surface area (Å²) in [6.45, 7) is 0.310. The summed E-state index contributed by atoms with van der Waals surface area (Å²) < 4.78 is 4.81. The van der Waals surface area contributed by atoms with Crippen LogP contribution in [0.4, 0.5) is 5.88 Å². The molecule has 0 aliphatic heterocycles. The van der Waals surface area contributed by atoms with Crippen molar-refractivity contribution >= 4 is 5.88 Å². The molecule has 66 valence electrons. The second kappa shape index (κ2) is 3.84. The molecule has 1 aromatic rings. The Hall–Kier alpha value is -1.40. The van der Waals surface area contributed by atoms with E-state index in [9.17, 15) is 10.1 Å². The zero-order valence-electron chi connectivity index (χ0n) is 6.44. The van der Waals surface area contributed by atoms with Crippen molar-refractivity contribution in [3.8, 4) is 0 Å². The van der Waals surface area contributed by atoms with Crippen molar-refractivity contribution < 1.29 is 14.2 Å². The smallest absolute Gasteiger partial charge is 0.404 e. The lowest BCUT2D eigenvalue weighted by Gasteiger charge is -1.95. The molecule has 0 aliphatic carbocycles. The molecule has 0 atom stereocenters. The van der Waals surface area contributed by atoms with Gasteiger partial charge < -0.3 is 9.25 Å². The summed E-state index contributed by atoms with van der Waals surface area (Å²) in [5, 5.41) is 10.1. The SMILES string of the molecule is CONCc1ccc([N+](=O)[O-])o1. The van der Waals surface area contributed by atoms with E-state index in [-0.39, 0.29) is 5.88 Å². The number of rotatable bonds is 4. The van der Waals surface area contributed by atoms with E-state index in [2.05, 4.69) is 10.3 Å². The Bertz CT molecular complexity index is 270. The van der Waals surface area contributed by atoms with Crippen LogP contribution in [-0.2, 0) is 11.4 Å². The Balaban J connectivity index is 2.58. The first kappa shape index (κ1) is 8.69. The Kier molecular flexibility index (Phi) is 2.78. The van der Waals surface area contributed by atoms with Crippen LogP contribution in [0.5, 0.6) is 0 Å². The predicted octanol–water partition coefficient (Wildman–Crippen LogP) is 0.839. The van der Waals surface area contributed by atoms with Crippen molar-refractivity contribution in [2.45, 2.75) is 6.54 Å². The summed E-state index contributed by atoms with van der Waals surface area (Å²) in [7, 11) is 1.46. The first-order chi connectivity index (χ1) is 5.74. The van der Waals surface area contributed by atoms with E-state index in [0.29, 0.717) is 12.3 Å². The lowest BCUT2D eigenvalue weighted by molar-refractivity contribution is -0.402. The molecule has 1 aromatic heterocycles. The van der Waals surface area contributed by atoms with Crippen molar-refractivity contribution in [1.82, 2.24) is 5.48 Å². The Morgan fingerprint density at radius 3 is 3.00 bits per heavy atom. The maximum atomic E-state index is 10.1. The van der Waals surface area contributed by atoms with E-state index in [1.165, 1.54) is 19.2 Å². The molecule has 0 saturated heterocycles. The highest BCUT2D eigenvalue weighted by molar-refractivity contribution is 5.17. The van der Waals surface area contributed by atoms with Crippen molar-refractivity contribution in [1.29, 1.82) is 0 Å². The first-order valence-electron chi connectivity index (χ1n) is 3.23. The highest BCUT2D eigenvalue weighted by Crippen LogP contribution is 2.14. The third-order valence-electron chi connectivity index (χ3n) is 1.22. The molecule has 0 bridgehead atoms. The van der Waals surface area contributed by atoms with Crippen LogP contribution < -0.4 is 5.48 Å². The van der Waals surface area contributed by atoms with E-state index in [1.54, 1.807) is 0 Å². The second-order valence-electron chi connectivity index (χ2n) is 2.02. The predicted molar refractivity (Wildman–Crippen MR) is 39.2 cm³/mol. The molecule has 0 unspecified atom stereocenters. The minimum Gasteiger partial charge on any atom is -0.404 e. The number of hydrogen-bond donors (Lipinski definition) is 1. The minimum absolute atomic E-state index is 0.261. The van der Waals surface area contributed by atoms with Crippen molar-refractivity contribution in [2.75, 3.05) is 7.11 Å². The lowest BCUT2D eigenvalue weighted by atomic mass is 10.4. The molecule has 0 saturated carbocycles. The molecule has 12 heavy (non-hydrogen) atoms.